The molecule has 3 amide bonds. The van der Waals surface area contributed by atoms with Crippen molar-refractivity contribution in [1.29, 1.82) is 0 Å². The monoisotopic (exact) mass is 461 g/mol. The van der Waals surface area contributed by atoms with E-state index in [2.05, 4.69) is 5.32 Å². The van der Waals surface area contributed by atoms with E-state index in [0.717, 1.165) is 22.1 Å². The van der Waals surface area contributed by atoms with E-state index in [9.17, 15) is 18.4 Å². The van der Waals surface area contributed by atoms with Crippen molar-refractivity contribution in [2.24, 2.45) is 0 Å². The van der Waals surface area contributed by atoms with Crippen LogP contribution in [0.3, 0.4) is 0 Å². The number of hydrogen-bond acceptors (Lipinski definition) is 8. The fourth-order valence-electron chi connectivity index (χ4n) is 3.21. The molecule has 0 bridgehead atoms. The Morgan fingerprint density at radius 1 is 1.32 bits per heavy atom. The molecule has 1 aromatic rings. The first kappa shape index (κ1) is 22.7. The summed E-state index contributed by atoms with van der Waals surface area (Å²) in [6.45, 7) is 0.331. The third kappa shape index (κ3) is 5.21. The second-order valence-electron chi connectivity index (χ2n) is 6.59. The van der Waals surface area contributed by atoms with Crippen LogP contribution in [-0.4, -0.2) is 80.1 Å². The maximum atomic E-state index is 14.8. The minimum absolute atomic E-state index is 0.00734. The molecule has 0 unspecified atom stereocenters. The van der Waals surface area contributed by atoms with Gasteiger partial charge in [-0.1, -0.05) is 0 Å². The van der Waals surface area contributed by atoms with E-state index < -0.39 is 29.9 Å². The third-order valence-corrected chi connectivity index (χ3v) is 4.98. The van der Waals surface area contributed by atoms with Crippen LogP contribution in [0, 0.1) is 11.6 Å². The van der Waals surface area contributed by atoms with Crippen molar-refractivity contribution in [2.45, 2.75) is 6.10 Å². The molecule has 14 heteroatoms. The van der Waals surface area contributed by atoms with Crippen molar-refractivity contribution in [3.63, 3.8) is 0 Å². The topological polar surface area (TPSA) is 116 Å². The van der Waals surface area contributed by atoms with Crippen molar-refractivity contribution >= 4 is 40.9 Å². The van der Waals surface area contributed by atoms with Gasteiger partial charge in [-0.15, -0.1) is 0 Å². The molecule has 1 atom stereocenters. The number of methoxy groups -OCH3 is 1. The Kier molecular flexibility index (Phi) is 7.25. The number of carbonyl (C=O) groups excluding carboxylic acids is 2. The molecule has 2 heterocycles. The van der Waals surface area contributed by atoms with E-state index in [0.29, 0.717) is 0 Å². The van der Waals surface area contributed by atoms with Gasteiger partial charge in [0.15, 0.2) is 11.6 Å². The van der Waals surface area contributed by atoms with E-state index in [4.69, 9.17) is 31.7 Å². The minimum Gasteiger partial charge on any atom is -0.474 e. The summed E-state index contributed by atoms with van der Waals surface area (Å²) in [6, 6.07) is 1.19. The number of carbonyl (C=O) groups is 2. The van der Waals surface area contributed by atoms with Gasteiger partial charge in [-0.3, -0.25) is 14.9 Å². The summed E-state index contributed by atoms with van der Waals surface area (Å²) in [7, 11) is 1.39. The molecule has 1 aromatic carbocycles. The lowest BCUT2D eigenvalue weighted by molar-refractivity contribution is -0.112. The molecule has 3 rings (SSSR count). The number of nitrogens with zero attached hydrogens (tertiary/aromatic N) is 3. The molecule has 2 saturated heterocycles. The van der Waals surface area contributed by atoms with E-state index in [1.54, 1.807) is 0 Å². The number of amides is 3. The number of halogens is 2. The standard InChI is InChI=1S/C17H21F2N5O6S/c1-28-16(31)20-8-11-9-23(17(26)30-11)10-6-12(18)14(13(19)7-10)22-2-3-24(15(25)21-27)29-5-4-22/h6-7,11,27H,2-5,8-9H2,1H3,(H,20,31)(H,21,25)/t11-/m0/s1. The maximum Gasteiger partial charge on any atom is 0.414 e. The summed E-state index contributed by atoms with van der Waals surface area (Å²) in [5.74, 6) is -1.77. The van der Waals surface area contributed by atoms with Gasteiger partial charge in [0.05, 0.1) is 39.0 Å². The van der Waals surface area contributed by atoms with Crippen molar-refractivity contribution in [2.75, 3.05) is 56.2 Å². The van der Waals surface area contributed by atoms with Crippen LogP contribution >= 0.6 is 12.2 Å². The lowest BCUT2D eigenvalue weighted by atomic mass is 10.2. The van der Waals surface area contributed by atoms with Crippen LogP contribution in [-0.2, 0) is 14.3 Å². The van der Waals surface area contributed by atoms with E-state index >= 15 is 0 Å². The zero-order valence-corrected chi connectivity index (χ0v) is 17.3. The zero-order valence-electron chi connectivity index (χ0n) is 16.5. The van der Waals surface area contributed by atoms with Crippen molar-refractivity contribution in [1.82, 2.24) is 15.9 Å². The molecule has 0 saturated carbocycles. The third-order valence-electron chi connectivity index (χ3n) is 4.67. The Labute approximate surface area is 181 Å². The number of thiocarbonyl (C=S) groups is 1. The fourth-order valence-corrected chi connectivity index (χ4v) is 3.29. The number of urea groups is 1. The molecular formula is C17H21F2N5O6S. The number of rotatable bonds is 4. The van der Waals surface area contributed by atoms with Crippen LogP contribution in [0.25, 0.3) is 0 Å². The molecule has 0 aliphatic carbocycles. The van der Waals surface area contributed by atoms with Crippen molar-refractivity contribution in [3.05, 3.63) is 23.8 Å². The highest BCUT2D eigenvalue weighted by atomic mass is 32.1. The predicted octanol–water partition coefficient (Wildman–Crippen LogP) is 0.963. The number of hydrogen-bond donors (Lipinski definition) is 3. The van der Waals surface area contributed by atoms with Crippen LogP contribution in [0.2, 0.25) is 0 Å². The first-order chi connectivity index (χ1) is 14.8. The van der Waals surface area contributed by atoms with E-state index in [1.807, 2.05) is 0 Å². The van der Waals surface area contributed by atoms with Gasteiger partial charge in [-0.2, -0.15) is 5.06 Å². The van der Waals surface area contributed by atoms with E-state index in [1.165, 1.54) is 17.5 Å². The molecule has 2 fully saturated rings. The fraction of sp³-hybridized carbons (Fsp3) is 0.471. The SMILES string of the molecule is COC(=S)NC[C@H]1CN(c2cc(F)c(N3CCON(C(=O)NO)CC3)c(F)c2)C(=O)O1. The summed E-state index contributed by atoms with van der Waals surface area (Å²) < 4.78 is 39.7. The van der Waals surface area contributed by atoms with Crippen LogP contribution in [0.5, 0.6) is 0 Å². The Morgan fingerprint density at radius 3 is 2.68 bits per heavy atom. The van der Waals surface area contributed by atoms with Gasteiger partial charge in [0, 0.05) is 25.2 Å². The average Bonchev–Trinajstić information content (AvgIpc) is 2.95. The number of cyclic esters (lactones) is 1. The minimum atomic E-state index is -0.888. The number of ether oxygens (including phenoxy) is 2. The van der Waals surface area contributed by atoms with Gasteiger partial charge < -0.3 is 19.7 Å². The predicted molar refractivity (Wildman–Crippen MR) is 107 cm³/mol. The van der Waals surface area contributed by atoms with Crippen molar-refractivity contribution < 1.29 is 37.9 Å². The highest BCUT2D eigenvalue weighted by Crippen LogP contribution is 2.31. The van der Waals surface area contributed by atoms with Gasteiger partial charge in [-0.05, 0) is 12.2 Å². The first-order valence-corrected chi connectivity index (χ1v) is 9.63. The average molecular weight is 461 g/mol. The molecular weight excluding hydrogens is 440 g/mol. The Bertz CT molecular complexity index is 839. The van der Waals surface area contributed by atoms with Gasteiger partial charge in [0.2, 0.25) is 0 Å². The molecule has 2 aliphatic heterocycles. The van der Waals surface area contributed by atoms with Gasteiger partial charge in [-0.25, -0.2) is 23.9 Å². The zero-order chi connectivity index (χ0) is 22.5. The first-order valence-electron chi connectivity index (χ1n) is 9.22. The summed E-state index contributed by atoms with van der Waals surface area (Å²) in [5.41, 5.74) is 1.13. The molecule has 3 N–H and O–H groups in total. The molecule has 31 heavy (non-hydrogen) atoms. The molecule has 0 aromatic heterocycles. The van der Waals surface area contributed by atoms with Crippen LogP contribution in [0.15, 0.2) is 12.1 Å². The second-order valence-corrected chi connectivity index (χ2v) is 6.96. The highest BCUT2D eigenvalue weighted by Gasteiger charge is 2.34. The lowest BCUT2D eigenvalue weighted by Crippen LogP contribution is -2.40. The second kappa shape index (κ2) is 9.89. The van der Waals surface area contributed by atoms with Gasteiger partial charge in [0.25, 0.3) is 5.17 Å². The van der Waals surface area contributed by atoms with Crippen molar-refractivity contribution in [3.8, 4) is 0 Å². The number of benzene rings is 1. The normalized spacial score (nSPS) is 19.0. The smallest absolute Gasteiger partial charge is 0.414 e. The molecule has 0 radical (unpaired) electrons. The van der Waals surface area contributed by atoms with Gasteiger partial charge >= 0.3 is 12.1 Å². The molecule has 2 aliphatic rings. The molecule has 170 valence electrons. The number of hydroxylamine groups is 3. The highest BCUT2D eigenvalue weighted by molar-refractivity contribution is 7.80. The Balaban J connectivity index is 1.71. The summed E-state index contributed by atoms with van der Waals surface area (Å²) in [6.07, 6.45) is -1.33. The Morgan fingerprint density at radius 2 is 2.03 bits per heavy atom. The lowest BCUT2D eigenvalue weighted by Gasteiger charge is -2.24. The van der Waals surface area contributed by atoms with Crippen LogP contribution in [0.4, 0.5) is 29.7 Å². The summed E-state index contributed by atoms with van der Waals surface area (Å²) >= 11 is 4.85. The van der Waals surface area contributed by atoms with Crippen LogP contribution < -0.4 is 20.6 Å². The van der Waals surface area contributed by atoms with Gasteiger partial charge in [0.1, 0.15) is 11.8 Å². The Hall–Kier alpha value is -2.97. The molecule has 0 spiro atoms. The molecule has 11 nitrogen and oxygen atoms in total. The number of nitrogens with one attached hydrogen (secondary N) is 2. The van der Waals surface area contributed by atoms with E-state index in [-0.39, 0.29) is 55.9 Å². The van der Waals surface area contributed by atoms with Crippen LogP contribution in [0.1, 0.15) is 0 Å². The summed E-state index contributed by atoms with van der Waals surface area (Å²) in [5, 5.41) is 12.4. The maximum absolute atomic E-state index is 14.8. The number of anilines is 2. The quantitative estimate of drug-likeness (QED) is 0.343. The summed E-state index contributed by atoms with van der Waals surface area (Å²) in [4.78, 5) is 31.3. The largest absolute Gasteiger partial charge is 0.474 e.